The predicted molar refractivity (Wildman–Crippen MR) is 246 cm³/mol. The lowest BCUT2D eigenvalue weighted by molar-refractivity contribution is -0.265. The highest BCUT2D eigenvalue weighted by atomic mass is 16.6. The maximum absolute atomic E-state index is 14.4. The van der Waals surface area contributed by atoms with Crippen LogP contribution in [0.3, 0.4) is 0 Å². The van der Waals surface area contributed by atoms with Crippen LogP contribution in [-0.4, -0.2) is 137 Å². The molecule has 3 aliphatic heterocycles. The van der Waals surface area contributed by atoms with E-state index in [9.17, 15) is 39.6 Å². The molecular weight excluding hydrogens is 835 g/mol. The van der Waals surface area contributed by atoms with Crippen LogP contribution in [0.4, 0.5) is 0 Å². The summed E-state index contributed by atoms with van der Waals surface area (Å²) in [4.78, 5) is 58.1. The Morgan fingerprint density at radius 2 is 1.57 bits per heavy atom. The summed E-state index contributed by atoms with van der Waals surface area (Å²) in [5.41, 5.74) is 1.34. The van der Waals surface area contributed by atoms with Gasteiger partial charge >= 0.3 is 5.97 Å². The van der Waals surface area contributed by atoms with Gasteiger partial charge in [-0.25, -0.2) is 4.79 Å². The van der Waals surface area contributed by atoms with Crippen molar-refractivity contribution < 1.29 is 63.3 Å². The number of methoxy groups -OCH3 is 3. The summed E-state index contributed by atoms with van der Waals surface area (Å²) in [6, 6.07) is -1.13. The Morgan fingerprint density at radius 3 is 2.25 bits per heavy atom. The fourth-order valence-electron chi connectivity index (χ4n) is 10.3. The van der Waals surface area contributed by atoms with Gasteiger partial charge in [0.25, 0.3) is 11.7 Å². The molecule has 16 atom stereocenters. The van der Waals surface area contributed by atoms with Crippen LogP contribution in [0.5, 0.6) is 0 Å². The molecule has 0 aromatic rings. The Balaban J connectivity index is 1.70. The third kappa shape index (κ3) is 14.5. The van der Waals surface area contributed by atoms with Gasteiger partial charge in [-0.2, -0.15) is 0 Å². The van der Waals surface area contributed by atoms with E-state index in [0.29, 0.717) is 63.4 Å². The zero-order valence-corrected chi connectivity index (χ0v) is 40.7. The molecule has 14 heteroatoms. The van der Waals surface area contributed by atoms with Crippen molar-refractivity contribution in [2.45, 2.75) is 186 Å². The molecule has 5 unspecified atom stereocenters. The molecule has 65 heavy (non-hydrogen) atoms. The summed E-state index contributed by atoms with van der Waals surface area (Å²) in [5, 5.41) is 45.3. The van der Waals surface area contributed by atoms with Crippen molar-refractivity contribution >= 4 is 23.4 Å². The minimum absolute atomic E-state index is 0.0801. The molecule has 0 radical (unpaired) electrons. The van der Waals surface area contributed by atoms with Gasteiger partial charge in [0, 0.05) is 52.6 Å². The lowest BCUT2D eigenvalue weighted by Gasteiger charge is -2.42. The van der Waals surface area contributed by atoms with E-state index in [1.165, 1.54) is 12.0 Å². The van der Waals surface area contributed by atoms with E-state index in [4.69, 9.17) is 23.7 Å². The number of hydrogen-bond acceptors (Lipinski definition) is 13. The number of Topliss-reactive ketones (excluding diaryl/α,β-unsaturated/α-hetero) is 2. The number of carbonyl (C=O) groups is 4. The average Bonchev–Trinajstić information content (AvgIpc) is 3.28. The van der Waals surface area contributed by atoms with Gasteiger partial charge in [0.1, 0.15) is 30.1 Å². The number of ether oxygens (including phenoxy) is 5. The van der Waals surface area contributed by atoms with Crippen LogP contribution in [0.1, 0.15) is 126 Å². The molecule has 1 aliphatic carbocycles. The number of carbonyl (C=O) groups excluding carboxylic acids is 4. The van der Waals surface area contributed by atoms with Crippen LogP contribution in [0.2, 0.25) is 0 Å². The first kappa shape index (κ1) is 54.5. The number of ketones is 2. The molecule has 0 spiro atoms. The smallest absolute Gasteiger partial charge is 0.329 e. The second kappa shape index (κ2) is 25.3. The number of aliphatic hydroxyl groups is 4. The van der Waals surface area contributed by atoms with Crippen LogP contribution in [-0.2, 0) is 42.9 Å². The molecule has 1 amide bonds. The molecule has 3 fully saturated rings. The fourth-order valence-corrected chi connectivity index (χ4v) is 10.3. The lowest BCUT2D eigenvalue weighted by Crippen LogP contribution is -2.61. The third-order valence-electron chi connectivity index (χ3n) is 14.7. The molecule has 3 heterocycles. The quantitative estimate of drug-likeness (QED) is 0.138. The zero-order chi connectivity index (χ0) is 48.2. The van der Waals surface area contributed by atoms with E-state index in [1.807, 2.05) is 58.1 Å². The van der Waals surface area contributed by atoms with E-state index >= 15 is 0 Å². The van der Waals surface area contributed by atoms with Crippen molar-refractivity contribution in [3.8, 4) is 0 Å². The van der Waals surface area contributed by atoms with E-state index in [1.54, 1.807) is 41.1 Å². The van der Waals surface area contributed by atoms with Crippen LogP contribution < -0.4 is 0 Å². The summed E-state index contributed by atoms with van der Waals surface area (Å²) >= 11 is 0. The monoisotopic (exact) mass is 916 g/mol. The molecule has 4 rings (SSSR count). The Kier molecular flexibility index (Phi) is 21.3. The summed E-state index contributed by atoms with van der Waals surface area (Å²) in [7, 11) is 4.59. The molecular formula is C51H81NO13. The first-order chi connectivity index (χ1) is 30.7. The zero-order valence-electron chi connectivity index (χ0n) is 40.7. The number of nitrogens with zero attached hydrogens (tertiary/aromatic N) is 1. The molecule has 2 saturated heterocycles. The SMILES string of the molecule is COC1C[C@@H]2CC[C@@H](C)[C@@](O)(O2)C(=O)C(=O)N2CCCC[C@H]2C(=O)O[C@H]([C@H](C)C[C@@H]2CC[C@@H](O)[C@H](OC)C2)CC(=O)C(C)/C=C(\C)C(O)C(OC)C(O)[C@H](C)C[C@H](C)/C=C/C=C/C=C/1C. The van der Waals surface area contributed by atoms with Crippen LogP contribution >= 0.6 is 0 Å². The van der Waals surface area contributed by atoms with Gasteiger partial charge in [-0.3, -0.25) is 14.4 Å². The number of amides is 1. The van der Waals surface area contributed by atoms with E-state index in [2.05, 4.69) is 0 Å². The summed E-state index contributed by atoms with van der Waals surface area (Å²) in [5.74, 6) is -7.35. The van der Waals surface area contributed by atoms with Gasteiger partial charge in [0.05, 0.1) is 30.5 Å². The van der Waals surface area contributed by atoms with Crippen LogP contribution in [0.15, 0.2) is 47.6 Å². The molecule has 0 aromatic carbocycles. The number of allylic oxidation sites excluding steroid dienone is 6. The Morgan fingerprint density at radius 1 is 0.846 bits per heavy atom. The standard InChI is InChI=1S/C51H81NO13/c1-30-16-12-11-13-17-31(2)42(61-8)28-38-21-19-36(7)51(60,65-38)48(57)49(58)52-23-15-14-18-39(52)50(59)64-43(33(4)26-37-20-22-40(53)44(27-37)62-9)29-41(54)32(3)25-35(6)46(56)47(63-10)45(55)34(5)24-30/h11-13,16-17,25,30,32-34,36-40,42-47,53,55-56,60H,14-15,18-24,26-29H2,1-10H3/b13-11+,16-12+,31-17+,35-25+/t30-,32?,33-,34-,36-,37+,38+,39+,40-,42?,43+,44-,45?,46?,47?,51-/m1/s1. The number of aliphatic hydroxyl groups excluding tert-OH is 3. The normalized spacial score (nSPS) is 41.5. The van der Waals surface area contributed by atoms with Crippen LogP contribution in [0.25, 0.3) is 0 Å². The van der Waals surface area contributed by atoms with Gasteiger partial charge < -0.3 is 49.0 Å². The topological polar surface area (TPSA) is 199 Å². The largest absolute Gasteiger partial charge is 0.460 e. The van der Waals surface area contributed by atoms with Gasteiger partial charge in [0.2, 0.25) is 5.79 Å². The van der Waals surface area contributed by atoms with Gasteiger partial charge in [-0.05, 0) is 113 Å². The molecule has 0 aromatic heterocycles. The number of hydrogen-bond donors (Lipinski definition) is 4. The number of esters is 1. The Bertz CT molecular complexity index is 1710. The highest BCUT2D eigenvalue weighted by Gasteiger charge is 2.53. The molecule has 4 N–H and O–H groups in total. The second-order valence-corrected chi connectivity index (χ2v) is 19.8. The maximum atomic E-state index is 14.4. The minimum atomic E-state index is -2.42. The summed E-state index contributed by atoms with van der Waals surface area (Å²) in [6.45, 7) is 13.0. The summed E-state index contributed by atoms with van der Waals surface area (Å²) in [6.07, 6.45) is 10.9. The van der Waals surface area contributed by atoms with E-state index < -0.39 is 84.1 Å². The summed E-state index contributed by atoms with van der Waals surface area (Å²) < 4.78 is 29.5. The number of rotatable bonds is 6. The number of fused-ring (bicyclic) bond motifs is 3. The second-order valence-electron chi connectivity index (χ2n) is 19.8. The van der Waals surface area contributed by atoms with Crippen molar-refractivity contribution in [1.29, 1.82) is 0 Å². The average molecular weight is 916 g/mol. The maximum Gasteiger partial charge on any atom is 0.329 e. The first-order valence-electron chi connectivity index (χ1n) is 24.1. The van der Waals surface area contributed by atoms with Gasteiger partial charge in [-0.1, -0.05) is 71.1 Å². The van der Waals surface area contributed by atoms with Crippen molar-refractivity contribution in [1.82, 2.24) is 4.90 Å². The van der Waals surface area contributed by atoms with Crippen molar-refractivity contribution in [3.05, 3.63) is 47.6 Å². The van der Waals surface area contributed by atoms with E-state index in [-0.39, 0.29) is 54.9 Å². The van der Waals surface area contributed by atoms with Crippen LogP contribution in [0, 0.1) is 35.5 Å². The molecule has 1 saturated carbocycles. The highest BCUT2D eigenvalue weighted by molar-refractivity contribution is 6.39. The van der Waals surface area contributed by atoms with Crippen molar-refractivity contribution in [2.24, 2.45) is 35.5 Å². The first-order valence-corrected chi connectivity index (χ1v) is 24.1. The molecule has 14 nitrogen and oxygen atoms in total. The van der Waals surface area contributed by atoms with Crippen molar-refractivity contribution in [2.75, 3.05) is 27.9 Å². The Labute approximate surface area is 387 Å². The third-order valence-corrected chi connectivity index (χ3v) is 14.7. The fraction of sp³-hybridized carbons (Fsp3) is 0.765. The molecule has 2 bridgehead atoms. The van der Waals surface area contributed by atoms with E-state index in [0.717, 1.165) is 12.0 Å². The highest BCUT2D eigenvalue weighted by Crippen LogP contribution is 2.38. The Hall–Kier alpha value is -3.08. The number of cyclic esters (lactones) is 1. The molecule has 368 valence electrons. The lowest BCUT2D eigenvalue weighted by atomic mass is 9.78. The molecule has 4 aliphatic rings. The number of piperidine rings is 1. The van der Waals surface area contributed by atoms with Gasteiger partial charge in [-0.15, -0.1) is 0 Å². The minimum Gasteiger partial charge on any atom is -0.460 e. The predicted octanol–water partition coefficient (Wildman–Crippen LogP) is 5.97. The van der Waals surface area contributed by atoms with Crippen molar-refractivity contribution in [3.63, 3.8) is 0 Å². The van der Waals surface area contributed by atoms with Gasteiger partial charge in [0.15, 0.2) is 0 Å².